The predicted octanol–water partition coefficient (Wildman–Crippen LogP) is 4.02. The van der Waals surface area contributed by atoms with Crippen molar-refractivity contribution in [2.24, 2.45) is 5.41 Å². The van der Waals surface area contributed by atoms with Crippen LogP contribution in [0.25, 0.3) is 11.1 Å². The number of benzene rings is 2. The second kappa shape index (κ2) is 8.89. The first kappa shape index (κ1) is 22.8. The van der Waals surface area contributed by atoms with Crippen LogP contribution in [0.1, 0.15) is 50.7 Å². The van der Waals surface area contributed by atoms with Crippen molar-refractivity contribution in [1.82, 2.24) is 10.2 Å². The highest BCUT2D eigenvalue weighted by molar-refractivity contribution is 5.89. The Morgan fingerprint density at radius 2 is 1.58 bits per heavy atom. The second-order valence-electron chi connectivity index (χ2n) is 9.86. The van der Waals surface area contributed by atoms with Crippen LogP contribution in [0.5, 0.6) is 0 Å². The maximum Gasteiger partial charge on any atom is 0.407 e. The zero-order valence-corrected chi connectivity index (χ0v) is 19.2. The van der Waals surface area contributed by atoms with Gasteiger partial charge < -0.3 is 20.1 Å². The smallest absolute Gasteiger partial charge is 0.407 e. The lowest BCUT2D eigenvalue weighted by Crippen LogP contribution is -2.56. The van der Waals surface area contributed by atoms with Gasteiger partial charge in [-0.05, 0) is 40.5 Å². The second-order valence-corrected chi connectivity index (χ2v) is 9.86. The maximum atomic E-state index is 13.2. The lowest BCUT2D eigenvalue weighted by atomic mass is 9.85. The first-order valence-electron chi connectivity index (χ1n) is 11.3. The molecule has 2 aliphatic carbocycles. The molecule has 0 aliphatic heterocycles. The van der Waals surface area contributed by atoms with Gasteiger partial charge in [-0.1, -0.05) is 69.3 Å². The van der Waals surface area contributed by atoms with Crippen molar-refractivity contribution in [3.05, 3.63) is 59.7 Å². The third-order valence-electron chi connectivity index (χ3n) is 6.30. The lowest BCUT2D eigenvalue weighted by molar-refractivity contribution is -0.147. The van der Waals surface area contributed by atoms with Crippen LogP contribution in [0.3, 0.4) is 0 Å². The molecular weight excluding hydrogens is 420 g/mol. The standard InChI is InChI=1S/C26H30N2O5/c1-26(2,3)23(24(31)28(14-22(29)30)16-12-13-16)27-25(32)33-15-21-19-10-6-4-8-17(19)18-9-5-7-11-20(18)21/h4-11,16,21,23H,12-15H2,1-3H3,(H,27,32)(H,29,30)/t23-/m0/s1. The third-order valence-corrected chi connectivity index (χ3v) is 6.30. The summed E-state index contributed by atoms with van der Waals surface area (Å²) in [6.07, 6.45) is 0.873. The van der Waals surface area contributed by atoms with Gasteiger partial charge in [-0.2, -0.15) is 0 Å². The largest absolute Gasteiger partial charge is 0.480 e. The van der Waals surface area contributed by atoms with E-state index in [4.69, 9.17) is 4.74 Å². The molecule has 0 heterocycles. The Kier molecular flexibility index (Phi) is 6.15. The summed E-state index contributed by atoms with van der Waals surface area (Å²) >= 11 is 0. The van der Waals surface area contributed by atoms with E-state index in [1.807, 2.05) is 57.2 Å². The summed E-state index contributed by atoms with van der Waals surface area (Å²) in [5.74, 6) is -1.54. The molecule has 0 saturated heterocycles. The molecule has 1 saturated carbocycles. The third kappa shape index (κ3) is 4.87. The number of carboxylic acids is 1. The van der Waals surface area contributed by atoms with Gasteiger partial charge in [0.05, 0.1) is 0 Å². The van der Waals surface area contributed by atoms with E-state index in [0.29, 0.717) is 0 Å². The molecule has 2 N–H and O–H groups in total. The minimum atomic E-state index is -1.07. The van der Waals surface area contributed by atoms with Gasteiger partial charge in [0, 0.05) is 12.0 Å². The average molecular weight is 451 g/mol. The van der Waals surface area contributed by atoms with Crippen LogP contribution in [0.2, 0.25) is 0 Å². The van der Waals surface area contributed by atoms with Crippen LogP contribution in [-0.4, -0.2) is 53.2 Å². The number of carboxylic acid groups (broad SMARTS) is 1. The summed E-state index contributed by atoms with van der Waals surface area (Å²) in [4.78, 5) is 38.7. The Balaban J connectivity index is 1.47. The fourth-order valence-electron chi connectivity index (χ4n) is 4.49. The Hall–Kier alpha value is -3.35. The van der Waals surface area contributed by atoms with Crippen molar-refractivity contribution in [1.29, 1.82) is 0 Å². The molecule has 4 rings (SSSR count). The quantitative estimate of drug-likeness (QED) is 0.664. The maximum absolute atomic E-state index is 13.2. The topological polar surface area (TPSA) is 95.9 Å². The summed E-state index contributed by atoms with van der Waals surface area (Å²) in [6.45, 7) is 5.29. The molecule has 0 bridgehead atoms. The molecule has 174 valence electrons. The molecule has 33 heavy (non-hydrogen) atoms. The zero-order valence-electron chi connectivity index (χ0n) is 19.2. The molecule has 2 aromatic carbocycles. The van der Waals surface area contributed by atoms with Crippen LogP contribution in [0.4, 0.5) is 4.79 Å². The van der Waals surface area contributed by atoms with Crippen LogP contribution >= 0.6 is 0 Å². The number of rotatable bonds is 7. The number of nitrogens with zero attached hydrogens (tertiary/aromatic N) is 1. The summed E-state index contributed by atoms with van der Waals surface area (Å²) in [6, 6.07) is 15.2. The fraction of sp³-hybridized carbons (Fsp3) is 0.423. The average Bonchev–Trinajstić information content (AvgIpc) is 3.56. The Morgan fingerprint density at radius 3 is 2.06 bits per heavy atom. The molecule has 2 aliphatic rings. The number of carbonyl (C=O) groups is 3. The summed E-state index contributed by atoms with van der Waals surface area (Å²) in [5.41, 5.74) is 3.87. The van der Waals surface area contributed by atoms with E-state index in [1.54, 1.807) is 0 Å². The monoisotopic (exact) mass is 450 g/mol. The van der Waals surface area contributed by atoms with Crippen molar-refractivity contribution in [3.63, 3.8) is 0 Å². The van der Waals surface area contributed by atoms with Gasteiger partial charge in [0.25, 0.3) is 0 Å². The molecule has 0 spiro atoms. The van der Waals surface area contributed by atoms with Crippen molar-refractivity contribution in [3.8, 4) is 11.1 Å². The van der Waals surface area contributed by atoms with Crippen LogP contribution in [-0.2, 0) is 14.3 Å². The van der Waals surface area contributed by atoms with Crippen LogP contribution < -0.4 is 5.32 Å². The molecule has 7 nitrogen and oxygen atoms in total. The van der Waals surface area contributed by atoms with Crippen LogP contribution in [0, 0.1) is 5.41 Å². The van der Waals surface area contributed by atoms with Gasteiger partial charge in [-0.3, -0.25) is 9.59 Å². The number of carbonyl (C=O) groups excluding carboxylic acids is 2. The van der Waals surface area contributed by atoms with Crippen molar-refractivity contribution >= 4 is 18.0 Å². The van der Waals surface area contributed by atoms with E-state index in [-0.39, 0.29) is 31.0 Å². The summed E-state index contributed by atoms with van der Waals surface area (Å²) < 4.78 is 5.62. The van der Waals surface area contributed by atoms with E-state index in [0.717, 1.165) is 35.1 Å². The number of ether oxygens (including phenoxy) is 1. The number of fused-ring (bicyclic) bond motifs is 3. The van der Waals surface area contributed by atoms with Gasteiger partial charge in [0.2, 0.25) is 5.91 Å². The number of nitrogens with one attached hydrogen (secondary N) is 1. The predicted molar refractivity (Wildman–Crippen MR) is 124 cm³/mol. The highest BCUT2D eigenvalue weighted by atomic mass is 16.5. The Bertz CT molecular complexity index is 1020. The lowest BCUT2D eigenvalue weighted by Gasteiger charge is -2.34. The Labute approximate surface area is 193 Å². The van der Waals surface area contributed by atoms with Crippen LogP contribution in [0.15, 0.2) is 48.5 Å². The SMILES string of the molecule is CC(C)(C)[C@@H](NC(=O)OCC1c2ccccc2-c2ccccc21)C(=O)N(CC(=O)O)C1CC1. The minimum absolute atomic E-state index is 0.0808. The molecular formula is C26H30N2O5. The molecule has 0 unspecified atom stereocenters. The van der Waals surface area contributed by atoms with E-state index in [9.17, 15) is 19.5 Å². The van der Waals surface area contributed by atoms with E-state index in [1.165, 1.54) is 4.90 Å². The van der Waals surface area contributed by atoms with E-state index < -0.39 is 23.5 Å². The number of aliphatic carboxylic acids is 1. The number of hydrogen-bond donors (Lipinski definition) is 2. The molecule has 1 atom stereocenters. The van der Waals surface area contributed by atoms with Gasteiger partial charge in [0.1, 0.15) is 19.2 Å². The Morgan fingerprint density at radius 1 is 1.03 bits per heavy atom. The molecule has 7 heteroatoms. The van der Waals surface area contributed by atoms with E-state index >= 15 is 0 Å². The number of hydrogen-bond acceptors (Lipinski definition) is 4. The first-order valence-corrected chi connectivity index (χ1v) is 11.3. The minimum Gasteiger partial charge on any atom is -0.480 e. The summed E-state index contributed by atoms with van der Waals surface area (Å²) in [5, 5.41) is 12.0. The number of amides is 2. The molecule has 2 aromatic rings. The highest BCUT2D eigenvalue weighted by Crippen LogP contribution is 2.44. The molecule has 2 amide bonds. The summed E-state index contributed by atoms with van der Waals surface area (Å²) in [7, 11) is 0. The van der Waals surface area contributed by atoms with Crippen molar-refractivity contribution < 1.29 is 24.2 Å². The van der Waals surface area contributed by atoms with Crippen molar-refractivity contribution in [2.75, 3.05) is 13.2 Å². The van der Waals surface area contributed by atoms with Gasteiger partial charge in [-0.25, -0.2) is 4.79 Å². The molecule has 1 fully saturated rings. The first-order chi connectivity index (χ1) is 15.7. The van der Waals surface area contributed by atoms with Gasteiger partial charge >= 0.3 is 12.1 Å². The van der Waals surface area contributed by atoms with Gasteiger partial charge in [-0.15, -0.1) is 0 Å². The molecule has 0 aromatic heterocycles. The van der Waals surface area contributed by atoms with E-state index in [2.05, 4.69) is 17.4 Å². The fourth-order valence-corrected chi connectivity index (χ4v) is 4.49. The zero-order chi connectivity index (χ0) is 23.8. The van der Waals surface area contributed by atoms with Crippen molar-refractivity contribution in [2.45, 2.75) is 51.6 Å². The highest BCUT2D eigenvalue weighted by Gasteiger charge is 2.42. The van der Waals surface area contributed by atoms with Gasteiger partial charge in [0.15, 0.2) is 0 Å². The molecule has 0 radical (unpaired) electrons. The normalized spacial score (nSPS) is 15.8. The number of alkyl carbamates (subject to hydrolysis) is 1.